The van der Waals surface area contributed by atoms with Crippen molar-refractivity contribution in [1.29, 1.82) is 0 Å². The van der Waals surface area contributed by atoms with E-state index in [4.69, 9.17) is 5.11 Å². The lowest BCUT2D eigenvalue weighted by Gasteiger charge is -2.17. The molecule has 2 saturated carbocycles. The van der Waals surface area contributed by atoms with E-state index in [1.807, 2.05) is 0 Å². The number of carbonyl (C=O) groups excluding carboxylic acids is 1. The number of rotatable bonds is 4. The van der Waals surface area contributed by atoms with Gasteiger partial charge in [-0.15, -0.1) is 0 Å². The summed E-state index contributed by atoms with van der Waals surface area (Å²) in [5.74, 6) is -0.999. The Bertz CT molecular complexity index is 297. The van der Waals surface area contributed by atoms with Gasteiger partial charge in [0.15, 0.2) is 0 Å². The number of carbonyl (C=O) groups is 2. The maximum Gasteiger partial charge on any atom is 0.307 e. The molecule has 17 heavy (non-hydrogen) atoms. The second-order valence-corrected chi connectivity index (χ2v) is 5.38. The zero-order valence-corrected chi connectivity index (χ0v) is 10.2. The zero-order valence-electron chi connectivity index (χ0n) is 10.2. The molecule has 0 heterocycles. The standard InChI is InChI=1S/C13H21NO3/c15-12(14-8-9-4-1-2-5-9)10-6-3-7-11(10)13(16)17/h9-11H,1-8H2,(H,14,15)(H,16,17)/t10-,11+/m1/s1. The number of aliphatic carboxylic acids is 1. The Hall–Kier alpha value is -1.06. The molecule has 0 aromatic rings. The average molecular weight is 239 g/mol. The monoisotopic (exact) mass is 239 g/mol. The van der Waals surface area contributed by atoms with Gasteiger partial charge in [-0.05, 0) is 31.6 Å². The third-order valence-corrected chi connectivity index (χ3v) is 4.21. The highest BCUT2D eigenvalue weighted by Gasteiger charge is 2.37. The molecule has 4 heteroatoms. The van der Waals surface area contributed by atoms with Gasteiger partial charge in [0.1, 0.15) is 0 Å². The highest BCUT2D eigenvalue weighted by molar-refractivity contribution is 5.85. The molecule has 96 valence electrons. The van der Waals surface area contributed by atoms with Crippen LogP contribution in [0.2, 0.25) is 0 Å². The Labute approximate surface area is 102 Å². The Morgan fingerprint density at radius 1 is 1.00 bits per heavy atom. The van der Waals surface area contributed by atoms with E-state index < -0.39 is 11.9 Å². The van der Waals surface area contributed by atoms with Crippen molar-refractivity contribution in [2.45, 2.75) is 44.9 Å². The molecule has 1 amide bonds. The number of hydrogen-bond acceptors (Lipinski definition) is 2. The van der Waals surface area contributed by atoms with Gasteiger partial charge in [0.2, 0.25) is 5.91 Å². The second kappa shape index (κ2) is 5.52. The largest absolute Gasteiger partial charge is 0.481 e. The summed E-state index contributed by atoms with van der Waals surface area (Å²) in [4.78, 5) is 22.9. The highest BCUT2D eigenvalue weighted by Crippen LogP contribution is 2.32. The van der Waals surface area contributed by atoms with E-state index in [1.54, 1.807) is 0 Å². The second-order valence-electron chi connectivity index (χ2n) is 5.38. The van der Waals surface area contributed by atoms with Crippen LogP contribution in [-0.4, -0.2) is 23.5 Å². The Balaban J connectivity index is 1.80. The molecule has 4 nitrogen and oxygen atoms in total. The topological polar surface area (TPSA) is 66.4 Å². The van der Waals surface area contributed by atoms with Crippen LogP contribution < -0.4 is 5.32 Å². The minimum absolute atomic E-state index is 0.0400. The Morgan fingerprint density at radius 3 is 2.29 bits per heavy atom. The smallest absolute Gasteiger partial charge is 0.307 e. The van der Waals surface area contributed by atoms with Crippen LogP contribution >= 0.6 is 0 Å². The summed E-state index contributed by atoms with van der Waals surface area (Å²) in [6, 6.07) is 0. The molecule has 0 bridgehead atoms. The van der Waals surface area contributed by atoms with Crippen molar-refractivity contribution in [2.75, 3.05) is 6.54 Å². The quantitative estimate of drug-likeness (QED) is 0.786. The Morgan fingerprint density at radius 2 is 1.65 bits per heavy atom. The third-order valence-electron chi connectivity index (χ3n) is 4.21. The highest BCUT2D eigenvalue weighted by atomic mass is 16.4. The molecule has 0 aliphatic heterocycles. The van der Waals surface area contributed by atoms with Gasteiger partial charge in [-0.3, -0.25) is 9.59 Å². The van der Waals surface area contributed by atoms with Crippen LogP contribution in [0.25, 0.3) is 0 Å². The van der Waals surface area contributed by atoms with Gasteiger partial charge in [-0.25, -0.2) is 0 Å². The van der Waals surface area contributed by atoms with Gasteiger partial charge in [-0.1, -0.05) is 19.3 Å². The summed E-state index contributed by atoms with van der Waals surface area (Å²) in [7, 11) is 0. The van der Waals surface area contributed by atoms with Gasteiger partial charge in [0, 0.05) is 6.54 Å². The van der Waals surface area contributed by atoms with Crippen LogP contribution in [0.4, 0.5) is 0 Å². The molecule has 2 atom stereocenters. The summed E-state index contributed by atoms with van der Waals surface area (Å²) >= 11 is 0. The molecule has 0 saturated heterocycles. The van der Waals surface area contributed by atoms with Crippen molar-refractivity contribution >= 4 is 11.9 Å². The molecule has 2 aliphatic rings. The van der Waals surface area contributed by atoms with Gasteiger partial charge in [0.05, 0.1) is 11.8 Å². The summed E-state index contributed by atoms with van der Waals surface area (Å²) in [5, 5.41) is 12.0. The van der Waals surface area contributed by atoms with E-state index in [0.717, 1.165) is 19.4 Å². The van der Waals surface area contributed by atoms with Crippen LogP contribution in [0.5, 0.6) is 0 Å². The molecule has 0 radical (unpaired) electrons. The molecule has 2 rings (SSSR count). The van der Waals surface area contributed by atoms with Crippen molar-refractivity contribution in [3.05, 3.63) is 0 Å². The number of carboxylic acids is 1. The molecule has 2 aliphatic carbocycles. The van der Waals surface area contributed by atoms with E-state index in [1.165, 1.54) is 25.7 Å². The molecule has 2 N–H and O–H groups in total. The summed E-state index contributed by atoms with van der Waals surface area (Å²) < 4.78 is 0. The van der Waals surface area contributed by atoms with Crippen molar-refractivity contribution in [1.82, 2.24) is 5.32 Å². The normalized spacial score (nSPS) is 29.4. The third kappa shape index (κ3) is 2.99. The lowest BCUT2D eigenvalue weighted by molar-refractivity contribution is -0.146. The molecular formula is C13H21NO3. The first-order valence-electron chi connectivity index (χ1n) is 6.69. The van der Waals surface area contributed by atoms with Gasteiger partial charge in [0.25, 0.3) is 0 Å². The molecule has 0 spiro atoms. The molecule has 0 unspecified atom stereocenters. The summed E-state index contributed by atoms with van der Waals surface area (Å²) in [5.41, 5.74) is 0. The van der Waals surface area contributed by atoms with Crippen LogP contribution in [-0.2, 0) is 9.59 Å². The van der Waals surface area contributed by atoms with Crippen LogP contribution in [0.3, 0.4) is 0 Å². The molecule has 2 fully saturated rings. The SMILES string of the molecule is O=C(O)[C@H]1CCC[C@H]1C(=O)NCC1CCCC1. The van der Waals surface area contributed by atoms with Crippen molar-refractivity contribution in [3.8, 4) is 0 Å². The van der Waals surface area contributed by atoms with Gasteiger partial charge < -0.3 is 10.4 Å². The number of amides is 1. The van der Waals surface area contributed by atoms with Crippen LogP contribution in [0, 0.1) is 17.8 Å². The van der Waals surface area contributed by atoms with E-state index >= 15 is 0 Å². The fraction of sp³-hybridized carbons (Fsp3) is 0.846. The lowest BCUT2D eigenvalue weighted by atomic mass is 9.95. The van der Waals surface area contributed by atoms with Crippen molar-refractivity contribution < 1.29 is 14.7 Å². The fourth-order valence-electron chi connectivity index (χ4n) is 3.16. The predicted octanol–water partition coefficient (Wildman–Crippen LogP) is 1.79. The van der Waals surface area contributed by atoms with E-state index in [2.05, 4.69) is 5.32 Å². The van der Waals surface area contributed by atoms with Gasteiger partial charge >= 0.3 is 5.97 Å². The zero-order chi connectivity index (χ0) is 12.3. The van der Waals surface area contributed by atoms with Crippen LogP contribution in [0.15, 0.2) is 0 Å². The maximum atomic E-state index is 11.9. The van der Waals surface area contributed by atoms with Gasteiger partial charge in [-0.2, -0.15) is 0 Å². The first-order valence-corrected chi connectivity index (χ1v) is 6.69. The summed E-state index contributed by atoms with van der Waals surface area (Å²) in [6.07, 6.45) is 7.17. The fourth-order valence-corrected chi connectivity index (χ4v) is 3.16. The van der Waals surface area contributed by atoms with E-state index in [9.17, 15) is 9.59 Å². The minimum Gasteiger partial charge on any atom is -0.481 e. The summed E-state index contributed by atoms with van der Waals surface area (Å²) in [6.45, 7) is 0.738. The number of hydrogen-bond donors (Lipinski definition) is 2. The number of carboxylic acid groups (broad SMARTS) is 1. The average Bonchev–Trinajstić information content (AvgIpc) is 2.96. The first-order chi connectivity index (χ1) is 8.18. The first kappa shape index (κ1) is 12.4. The van der Waals surface area contributed by atoms with Crippen LogP contribution in [0.1, 0.15) is 44.9 Å². The molecule has 0 aromatic carbocycles. The van der Waals surface area contributed by atoms with E-state index in [-0.39, 0.29) is 11.8 Å². The minimum atomic E-state index is -0.816. The van der Waals surface area contributed by atoms with Crippen molar-refractivity contribution in [3.63, 3.8) is 0 Å². The lowest BCUT2D eigenvalue weighted by Crippen LogP contribution is -2.37. The molecular weight excluding hydrogens is 218 g/mol. The molecule has 0 aromatic heterocycles. The van der Waals surface area contributed by atoms with Crippen molar-refractivity contribution in [2.24, 2.45) is 17.8 Å². The maximum absolute atomic E-state index is 11.9. The number of nitrogens with one attached hydrogen (secondary N) is 1. The predicted molar refractivity (Wildman–Crippen MR) is 63.4 cm³/mol. The Kier molecular flexibility index (Phi) is 4.02. The van der Waals surface area contributed by atoms with E-state index in [0.29, 0.717) is 12.3 Å².